The minimum absolute atomic E-state index is 0.335. The number of rotatable bonds is 7. The van der Waals surface area contributed by atoms with Crippen LogP contribution in [0, 0.1) is 3.57 Å². The first-order valence-corrected chi connectivity index (χ1v) is 8.42. The second-order valence-corrected chi connectivity index (χ2v) is 6.31. The molecule has 0 saturated heterocycles. The number of halogens is 1. The van der Waals surface area contributed by atoms with Crippen molar-refractivity contribution in [3.63, 3.8) is 0 Å². The molecule has 0 amide bonds. The van der Waals surface area contributed by atoms with Crippen molar-refractivity contribution >= 4 is 22.6 Å². The summed E-state index contributed by atoms with van der Waals surface area (Å²) in [7, 11) is 0. The van der Waals surface area contributed by atoms with Crippen molar-refractivity contribution in [2.45, 2.75) is 33.0 Å². The van der Waals surface area contributed by atoms with Crippen LogP contribution in [0.3, 0.4) is 0 Å². The molecule has 0 aliphatic carbocycles. The van der Waals surface area contributed by atoms with E-state index in [-0.39, 0.29) is 0 Å². The molecule has 0 aliphatic heterocycles. The van der Waals surface area contributed by atoms with Crippen LogP contribution in [-0.4, -0.2) is 6.61 Å². The number of hydrogen-bond donors (Lipinski definition) is 1. The minimum Gasteiger partial charge on any atom is -0.377 e. The van der Waals surface area contributed by atoms with Gasteiger partial charge in [0.25, 0.3) is 0 Å². The highest BCUT2D eigenvalue weighted by Crippen LogP contribution is 2.16. The Bertz CT molecular complexity index is 553. The molecule has 3 heteroatoms. The van der Waals surface area contributed by atoms with Crippen LogP contribution in [0.15, 0.2) is 48.5 Å². The van der Waals surface area contributed by atoms with E-state index in [1.54, 1.807) is 0 Å². The van der Waals surface area contributed by atoms with Crippen molar-refractivity contribution in [1.82, 2.24) is 5.32 Å². The Kier molecular flexibility index (Phi) is 6.67. The van der Waals surface area contributed by atoms with Crippen LogP contribution >= 0.6 is 22.6 Å². The molecule has 2 aromatic rings. The predicted octanol–water partition coefficient (Wildman–Crippen LogP) is 4.68. The van der Waals surface area contributed by atoms with Gasteiger partial charge in [0.15, 0.2) is 0 Å². The molecule has 2 aromatic carbocycles. The van der Waals surface area contributed by atoms with E-state index in [2.05, 4.69) is 83.4 Å². The van der Waals surface area contributed by atoms with Gasteiger partial charge in [0.2, 0.25) is 0 Å². The van der Waals surface area contributed by atoms with Crippen LogP contribution in [-0.2, 0) is 17.9 Å². The Morgan fingerprint density at radius 2 is 1.71 bits per heavy atom. The lowest BCUT2D eigenvalue weighted by atomic mass is 10.1. The quantitative estimate of drug-likeness (QED) is 0.688. The van der Waals surface area contributed by atoms with Gasteiger partial charge in [0.05, 0.1) is 6.61 Å². The monoisotopic (exact) mass is 395 g/mol. The van der Waals surface area contributed by atoms with Crippen molar-refractivity contribution in [2.75, 3.05) is 6.61 Å². The molecule has 0 bridgehead atoms. The fraction of sp³-hybridized carbons (Fsp3) is 0.333. The molecule has 0 spiro atoms. The summed E-state index contributed by atoms with van der Waals surface area (Å²) >= 11 is 2.33. The van der Waals surface area contributed by atoms with E-state index in [0.29, 0.717) is 12.6 Å². The summed E-state index contributed by atoms with van der Waals surface area (Å²) in [5.41, 5.74) is 3.89. The van der Waals surface area contributed by atoms with Gasteiger partial charge in [0.1, 0.15) is 0 Å². The van der Waals surface area contributed by atoms with Crippen LogP contribution < -0.4 is 5.32 Å². The van der Waals surface area contributed by atoms with Crippen LogP contribution in [0.2, 0.25) is 0 Å². The lowest BCUT2D eigenvalue weighted by Crippen LogP contribution is -2.19. The first-order valence-electron chi connectivity index (χ1n) is 7.34. The van der Waals surface area contributed by atoms with Gasteiger partial charge in [-0.1, -0.05) is 36.4 Å². The Labute approximate surface area is 141 Å². The zero-order valence-corrected chi connectivity index (χ0v) is 14.8. The molecule has 0 radical (unpaired) electrons. The molecule has 1 N–H and O–H groups in total. The maximum absolute atomic E-state index is 5.54. The molecule has 21 heavy (non-hydrogen) atoms. The molecule has 0 aromatic heterocycles. The molecular formula is C18H22INO. The summed E-state index contributed by atoms with van der Waals surface area (Å²) in [6.45, 7) is 6.52. The molecule has 0 fully saturated rings. The van der Waals surface area contributed by atoms with Crippen LogP contribution in [0.5, 0.6) is 0 Å². The molecule has 1 unspecified atom stereocenters. The van der Waals surface area contributed by atoms with Gasteiger partial charge in [-0.25, -0.2) is 0 Å². The lowest BCUT2D eigenvalue weighted by Gasteiger charge is -2.16. The number of benzene rings is 2. The third-order valence-corrected chi connectivity index (χ3v) is 4.27. The number of hydrogen-bond acceptors (Lipinski definition) is 2. The topological polar surface area (TPSA) is 21.3 Å². The van der Waals surface area contributed by atoms with Gasteiger partial charge in [0, 0.05) is 22.8 Å². The first-order chi connectivity index (χ1) is 10.2. The van der Waals surface area contributed by atoms with Crippen LogP contribution in [0.1, 0.15) is 36.6 Å². The normalized spacial score (nSPS) is 12.3. The van der Waals surface area contributed by atoms with Gasteiger partial charge in [-0.15, -0.1) is 0 Å². The third kappa shape index (κ3) is 5.09. The summed E-state index contributed by atoms with van der Waals surface area (Å²) in [5, 5.41) is 3.59. The Balaban J connectivity index is 1.97. The van der Waals surface area contributed by atoms with E-state index in [1.807, 2.05) is 6.92 Å². The van der Waals surface area contributed by atoms with E-state index in [4.69, 9.17) is 4.74 Å². The second kappa shape index (κ2) is 8.51. The molecular weight excluding hydrogens is 373 g/mol. The fourth-order valence-electron chi connectivity index (χ4n) is 2.22. The van der Waals surface area contributed by atoms with E-state index in [1.165, 1.54) is 20.3 Å². The van der Waals surface area contributed by atoms with Crippen molar-refractivity contribution in [2.24, 2.45) is 0 Å². The first kappa shape index (κ1) is 16.5. The minimum atomic E-state index is 0.335. The van der Waals surface area contributed by atoms with Crippen molar-refractivity contribution in [3.8, 4) is 0 Å². The number of nitrogens with one attached hydrogen (secondary N) is 1. The maximum Gasteiger partial charge on any atom is 0.0719 e. The molecule has 2 rings (SSSR count). The van der Waals surface area contributed by atoms with Crippen LogP contribution in [0.25, 0.3) is 0 Å². The van der Waals surface area contributed by atoms with Gasteiger partial charge >= 0.3 is 0 Å². The Hall–Kier alpha value is -0.910. The average Bonchev–Trinajstić information content (AvgIpc) is 2.52. The summed E-state index contributed by atoms with van der Waals surface area (Å²) in [6.07, 6.45) is 0. The van der Waals surface area contributed by atoms with Gasteiger partial charge in [-0.2, -0.15) is 0 Å². The summed E-state index contributed by atoms with van der Waals surface area (Å²) < 4.78 is 6.81. The molecule has 0 heterocycles. The molecule has 1 atom stereocenters. The van der Waals surface area contributed by atoms with Crippen LogP contribution in [0.4, 0.5) is 0 Å². The Morgan fingerprint density at radius 1 is 1.05 bits per heavy atom. The van der Waals surface area contributed by atoms with Gasteiger partial charge in [-0.05, 0) is 65.3 Å². The van der Waals surface area contributed by atoms with E-state index >= 15 is 0 Å². The SMILES string of the molecule is CCOCc1ccccc1CNC(C)c1ccc(I)cc1. The standard InChI is InChI=1S/C18H22INO/c1-3-21-13-17-7-5-4-6-16(17)12-20-14(2)15-8-10-18(19)11-9-15/h4-11,14,20H,3,12-13H2,1-2H3. The second-order valence-electron chi connectivity index (χ2n) is 5.06. The predicted molar refractivity (Wildman–Crippen MR) is 96.2 cm³/mol. The Morgan fingerprint density at radius 3 is 2.38 bits per heavy atom. The zero-order chi connectivity index (χ0) is 15.1. The van der Waals surface area contributed by atoms with Gasteiger partial charge < -0.3 is 10.1 Å². The van der Waals surface area contributed by atoms with Crippen molar-refractivity contribution in [3.05, 3.63) is 68.8 Å². The van der Waals surface area contributed by atoms with Gasteiger partial charge in [-0.3, -0.25) is 0 Å². The largest absolute Gasteiger partial charge is 0.377 e. The highest BCUT2D eigenvalue weighted by molar-refractivity contribution is 14.1. The summed E-state index contributed by atoms with van der Waals surface area (Å²) in [5.74, 6) is 0. The molecule has 0 saturated carbocycles. The fourth-order valence-corrected chi connectivity index (χ4v) is 2.57. The maximum atomic E-state index is 5.54. The molecule has 112 valence electrons. The van der Waals surface area contributed by atoms with Crippen molar-refractivity contribution < 1.29 is 4.74 Å². The highest BCUT2D eigenvalue weighted by Gasteiger charge is 2.07. The smallest absolute Gasteiger partial charge is 0.0719 e. The average molecular weight is 395 g/mol. The molecule has 2 nitrogen and oxygen atoms in total. The van der Waals surface area contributed by atoms with Crippen molar-refractivity contribution in [1.29, 1.82) is 0 Å². The summed E-state index contributed by atoms with van der Waals surface area (Å²) in [6, 6.07) is 17.5. The highest BCUT2D eigenvalue weighted by atomic mass is 127. The van der Waals surface area contributed by atoms with E-state index in [9.17, 15) is 0 Å². The molecule has 0 aliphatic rings. The lowest BCUT2D eigenvalue weighted by molar-refractivity contribution is 0.133. The summed E-state index contributed by atoms with van der Waals surface area (Å²) in [4.78, 5) is 0. The van der Waals surface area contributed by atoms with E-state index < -0.39 is 0 Å². The third-order valence-electron chi connectivity index (χ3n) is 3.55. The zero-order valence-electron chi connectivity index (χ0n) is 12.6. The van der Waals surface area contributed by atoms with E-state index in [0.717, 1.165) is 13.2 Å². The number of ether oxygens (including phenoxy) is 1.